The Labute approximate surface area is 110 Å². The average molecular weight is 301 g/mol. The number of hydrogen-bond acceptors (Lipinski definition) is 4. The molecule has 0 bridgehead atoms. The van der Waals surface area contributed by atoms with Crippen molar-refractivity contribution in [3.8, 4) is 0 Å². The Kier molecular flexibility index (Phi) is 4.01. The summed E-state index contributed by atoms with van der Waals surface area (Å²) in [4.78, 5) is 4.32. The molecular weight excluding hydrogens is 284 g/mol. The van der Waals surface area contributed by atoms with Gasteiger partial charge in [0, 0.05) is 23.9 Å². The van der Waals surface area contributed by atoms with Crippen molar-refractivity contribution in [2.45, 2.75) is 25.3 Å². The zero-order chi connectivity index (χ0) is 12.3. The summed E-state index contributed by atoms with van der Waals surface area (Å²) >= 11 is 3.43. The standard InChI is InChI=1S/C12H17BrN2O2/c1-9-6-11(14-7-10(9)13)15-12(8-16)2-4-17-5-3-12/h6-7,16H,2-5,8H2,1H3,(H,14,15). The van der Waals surface area contributed by atoms with Gasteiger partial charge in [0.2, 0.25) is 0 Å². The van der Waals surface area contributed by atoms with Crippen LogP contribution >= 0.6 is 15.9 Å². The number of nitrogens with zero attached hydrogens (tertiary/aromatic N) is 1. The highest BCUT2D eigenvalue weighted by molar-refractivity contribution is 9.10. The monoisotopic (exact) mass is 300 g/mol. The number of aliphatic hydroxyl groups is 1. The van der Waals surface area contributed by atoms with E-state index in [1.54, 1.807) is 6.20 Å². The first kappa shape index (κ1) is 12.8. The molecule has 1 fully saturated rings. The van der Waals surface area contributed by atoms with E-state index in [0.29, 0.717) is 13.2 Å². The summed E-state index contributed by atoms with van der Waals surface area (Å²) in [5.74, 6) is 0.807. The normalized spacial score (nSPS) is 19.0. The Balaban J connectivity index is 2.14. The molecule has 5 heteroatoms. The zero-order valence-corrected chi connectivity index (χ0v) is 11.5. The van der Waals surface area contributed by atoms with Gasteiger partial charge in [-0.25, -0.2) is 4.98 Å². The van der Waals surface area contributed by atoms with Crippen molar-refractivity contribution in [3.05, 3.63) is 22.3 Å². The number of halogens is 1. The van der Waals surface area contributed by atoms with Crippen molar-refractivity contribution in [2.24, 2.45) is 0 Å². The molecule has 0 spiro atoms. The number of nitrogens with one attached hydrogen (secondary N) is 1. The van der Waals surface area contributed by atoms with E-state index >= 15 is 0 Å². The second-order valence-electron chi connectivity index (χ2n) is 4.49. The van der Waals surface area contributed by atoms with Gasteiger partial charge in [-0.3, -0.25) is 0 Å². The fraction of sp³-hybridized carbons (Fsp3) is 0.583. The van der Waals surface area contributed by atoms with Crippen molar-refractivity contribution < 1.29 is 9.84 Å². The summed E-state index contributed by atoms with van der Waals surface area (Å²) in [6.45, 7) is 3.49. The molecule has 94 valence electrons. The summed E-state index contributed by atoms with van der Waals surface area (Å²) in [5.41, 5.74) is 0.841. The van der Waals surface area contributed by atoms with E-state index < -0.39 is 0 Å². The molecule has 17 heavy (non-hydrogen) atoms. The van der Waals surface area contributed by atoms with Gasteiger partial charge in [-0.05, 0) is 47.3 Å². The van der Waals surface area contributed by atoms with Gasteiger partial charge in [-0.15, -0.1) is 0 Å². The summed E-state index contributed by atoms with van der Waals surface area (Å²) in [6.07, 6.45) is 3.39. The highest BCUT2D eigenvalue weighted by Gasteiger charge is 2.32. The molecule has 0 amide bonds. The summed E-state index contributed by atoms with van der Waals surface area (Å²) in [5, 5.41) is 12.9. The van der Waals surface area contributed by atoms with Crippen molar-refractivity contribution in [1.82, 2.24) is 4.98 Å². The van der Waals surface area contributed by atoms with Gasteiger partial charge in [0.15, 0.2) is 0 Å². The van der Waals surface area contributed by atoms with Crippen LogP contribution in [-0.2, 0) is 4.74 Å². The minimum Gasteiger partial charge on any atom is -0.394 e. The molecule has 1 aromatic rings. The molecule has 0 saturated carbocycles. The summed E-state index contributed by atoms with van der Waals surface area (Å²) < 4.78 is 6.32. The fourth-order valence-corrected chi connectivity index (χ4v) is 2.18. The topological polar surface area (TPSA) is 54.4 Å². The summed E-state index contributed by atoms with van der Waals surface area (Å²) in [7, 11) is 0. The molecule has 0 atom stereocenters. The van der Waals surface area contributed by atoms with Crippen molar-refractivity contribution >= 4 is 21.7 Å². The summed E-state index contributed by atoms with van der Waals surface area (Å²) in [6, 6.07) is 1.98. The first-order valence-corrected chi connectivity index (χ1v) is 6.53. The first-order chi connectivity index (χ1) is 8.15. The Bertz CT molecular complexity index is 392. The quantitative estimate of drug-likeness (QED) is 0.898. The lowest BCUT2D eigenvalue weighted by Gasteiger charge is -2.36. The number of aryl methyl sites for hydroxylation is 1. The van der Waals surface area contributed by atoms with Crippen LogP contribution in [0.1, 0.15) is 18.4 Å². The van der Waals surface area contributed by atoms with Gasteiger partial charge in [0.05, 0.1) is 12.1 Å². The van der Waals surface area contributed by atoms with Crippen LogP contribution in [0, 0.1) is 6.92 Å². The van der Waals surface area contributed by atoms with Crippen LogP contribution in [0.4, 0.5) is 5.82 Å². The van der Waals surface area contributed by atoms with Crippen LogP contribution in [0.25, 0.3) is 0 Å². The molecule has 0 unspecified atom stereocenters. The molecule has 2 heterocycles. The predicted molar refractivity (Wildman–Crippen MR) is 70.2 cm³/mol. The van der Waals surface area contributed by atoms with Crippen LogP contribution < -0.4 is 5.32 Å². The molecule has 2 rings (SSSR count). The number of aliphatic hydroxyl groups excluding tert-OH is 1. The molecule has 2 N–H and O–H groups in total. The molecule has 0 radical (unpaired) electrons. The smallest absolute Gasteiger partial charge is 0.126 e. The number of rotatable bonds is 3. The van der Waals surface area contributed by atoms with E-state index in [1.807, 2.05) is 13.0 Å². The van der Waals surface area contributed by atoms with E-state index in [2.05, 4.69) is 26.2 Å². The van der Waals surface area contributed by atoms with E-state index in [9.17, 15) is 5.11 Å². The van der Waals surface area contributed by atoms with Gasteiger partial charge in [-0.2, -0.15) is 0 Å². The third kappa shape index (κ3) is 2.97. The third-order valence-corrected chi connectivity index (χ3v) is 4.02. The molecule has 1 saturated heterocycles. The second-order valence-corrected chi connectivity index (χ2v) is 5.35. The molecule has 1 aliphatic heterocycles. The number of hydrogen-bond donors (Lipinski definition) is 2. The van der Waals surface area contributed by atoms with E-state index in [1.165, 1.54) is 0 Å². The van der Waals surface area contributed by atoms with Gasteiger partial charge < -0.3 is 15.2 Å². The highest BCUT2D eigenvalue weighted by atomic mass is 79.9. The Morgan fingerprint density at radius 1 is 1.53 bits per heavy atom. The number of aromatic nitrogens is 1. The van der Waals surface area contributed by atoms with Crippen molar-refractivity contribution in [3.63, 3.8) is 0 Å². The molecule has 0 aromatic carbocycles. The van der Waals surface area contributed by atoms with Crippen LogP contribution in [0.3, 0.4) is 0 Å². The predicted octanol–water partition coefficient (Wildman–Crippen LogP) is 2.11. The lowest BCUT2D eigenvalue weighted by Crippen LogP contribution is -2.47. The third-order valence-electron chi connectivity index (χ3n) is 3.19. The Morgan fingerprint density at radius 3 is 2.82 bits per heavy atom. The van der Waals surface area contributed by atoms with Gasteiger partial charge in [-0.1, -0.05) is 0 Å². The van der Waals surface area contributed by atoms with Crippen LogP contribution in [0.2, 0.25) is 0 Å². The maximum absolute atomic E-state index is 9.57. The van der Waals surface area contributed by atoms with E-state index in [4.69, 9.17) is 4.74 Å². The van der Waals surface area contributed by atoms with Crippen LogP contribution in [0.15, 0.2) is 16.7 Å². The number of ether oxygens (including phenoxy) is 1. The van der Waals surface area contributed by atoms with Gasteiger partial charge in [0.25, 0.3) is 0 Å². The highest BCUT2D eigenvalue weighted by Crippen LogP contribution is 2.26. The maximum Gasteiger partial charge on any atom is 0.126 e. The number of pyridine rings is 1. The van der Waals surface area contributed by atoms with E-state index in [0.717, 1.165) is 28.7 Å². The second kappa shape index (κ2) is 5.33. The Morgan fingerprint density at radius 2 is 2.24 bits per heavy atom. The van der Waals surface area contributed by atoms with Gasteiger partial charge >= 0.3 is 0 Å². The Hall–Kier alpha value is -0.650. The van der Waals surface area contributed by atoms with Crippen molar-refractivity contribution in [1.29, 1.82) is 0 Å². The first-order valence-electron chi connectivity index (χ1n) is 5.74. The SMILES string of the molecule is Cc1cc(NC2(CO)CCOCC2)ncc1Br. The van der Waals surface area contributed by atoms with Crippen LogP contribution in [0.5, 0.6) is 0 Å². The fourth-order valence-electron chi connectivity index (χ4n) is 1.96. The minimum absolute atomic E-state index is 0.104. The minimum atomic E-state index is -0.286. The largest absolute Gasteiger partial charge is 0.394 e. The molecular formula is C12H17BrN2O2. The van der Waals surface area contributed by atoms with E-state index in [-0.39, 0.29) is 12.1 Å². The average Bonchev–Trinajstić information content (AvgIpc) is 2.35. The van der Waals surface area contributed by atoms with Gasteiger partial charge in [0.1, 0.15) is 5.82 Å². The lowest BCUT2D eigenvalue weighted by molar-refractivity contribution is 0.0378. The van der Waals surface area contributed by atoms with Crippen LogP contribution in [-0.4, -0.2) is 35.5 Å². The molecule has 1 aromatic heterocycles. The number of anilines is 1. The molecule has 1 aliphatic rings. The van der Waals surface area contributed by atoms with Crippen molar-refractivity contribution in [2.75, 3.05) is 25.1 Å². The maximum atomic E-state index is 9.57. The lowest BCUT2D eigenvalue weighted by atomic mass is 9.91. The molecule has 4 nitrogen and oxygen atoms in total. The molecule has 0 aliphatic carbocycles. The zero-order valence-electron chi connectivity index (χ0n) is 9.87.